The van der Waals surface area contributed by atoms with Crippen molar-refractivity contribution < 1.29 is 4.74 Å². The average molecular weight is 275 g/mol. The third kappa shape index (κ3) is 2.73. The number of aromatic nitrogens is 2. The van der Waals surface area contributed by atoms with Gasteiger partial charge in [-0.2, -0.15) is 0 Å². The first-order valence-electron chi connectivity index (χ1n) is 6.50. The number of hydrogen-bond donors (Lipinski definition) is 1. The van der Waals surface area contributed by atoms with Gasteiger partial charge in [-0.15, -0.1) is 0 Å². The van der Waals surface area contributed by atoms with Crippen LogP contribution in [0.2, 0.25) is 0 Å². The van der Waals surface area contributed by atoms with Gasteiger partial charge in [0.05, 0.1) is 12.1 Å². The number of para-hydroxylation sites is 1. The van der Waals surface area contributed by atoms with Gasteiger partial charge in [-0.25, -0.2) is 9.97 Å². The highest BCUT2D eigenvalue weighted by atomic mass is 32.2. The Hall–Kier alpha value is -1.17. The van der Waals surface area contributed by atoms with Crippen LogP contribution in [0.5, 0.6) is 0 Å². The van der Waals surface area contributed by atoms with Crippen LogP contribution in [0.25, 0.3) is 10.9 Å². The minimum Gasteiger partial charge on any atom is -0.380 e. The lowest BCUT2D eigenvalue weighted by atomic mass is 10.1. The van der Waals surface area contributed by atoms with Gasteiger partial charge >= 0.3 is 0 Å². The Bertz CT molecular complexity index is 558. The number of rotatable bonds is 3. The minimum absolute atomic E-state index is 0.400. The molecule has 0 spiro atoms. The first-order valence-corrected chi connectivity index (χ1v) is 7.38. The summed E-state index contributed by atoms with van der Waals surface area (Å²) in [7, 11) is 2.02. The molecule has 0 bridgehead atoms. The van der Waals surface area contributed by atoms with Gasteiger partial charge in [-0.3, -0.25) is 0 Å². The zero-order valence-corrected chi connectivity index (χ0v) is 11.7. The summed E-state index contributed by atoms with van der Waals surface area (Å²) in [4.78, 5) is 8.74. The smallest absolute Gasteiger partial charge is 0.117 e. The van der Waals surface area contributed by atoms with Crippen LogP contribution in [0.1, 0.15) is 6.42 Å². The highest BCUT2D eigenvalue weighted by Gasteiger charge is 2.26. The summed E-state index contributed by atoms with van der Waals surface area (Å²) in [6, 6.07) is 8.61. The molecule has 1 fully saturated rings. The molecule has 5 heteroatoms. The fourth-order valence-electron chi connectivity index (χ4n) is 2.38. The summed E-state index contributed by atoms with van der Waals surface area (Å²) < 4.78 is 5.59. The molecule has 3 rings (SSSR count). The molecule has 19 heavy (non-hydrogen) atoms. The largest absolute Gasteiger partial charge is 0.380 e. The van der Waals surface area contributed by atoms with Crippen LogP contribution in [0.4, 0.5) is 0 Å². The Morgan fingerprint density at radius 1 is 1.32 bits per heavy atom. The lowest BCUT2D eigenvalue weighted by molar-refractivity contribution is 0.0850. The number of nitrogens with one attached hydrogen (secondary N) is 1. The van der Waals surface area contributed by atoms with Crippen molar-refractivity contribution in [2.45, 2.75) is 22.7 Å². The van der Waals surface area contributed by atoms with Gasteiger partial charge in [0.25, 0.3) is 0 Å². The van der Waals surface area contributed by atoms with Crippen LogP contribution in [-0.4, -0.2) is 41.5 Å². The van der Waals surface area contributed by atoms with Crippen LogP contribution < -0.4 is 5.32 Å². The monoisotopic (exact) mass is 275 g/mol. The van der Waals surface area contributed by atoms with E-state index < -0.39 is 0 Å². The molecule has 2 aromatic rings. The third-order valence-corrected chi connectivity index (χ3v) is 4.76. The quantitative estimate of drug-likeness (QED) is 0.869. The van der Waals surface area contributed by atoms with E-state index in [1.807, 2.05) is 25.2 Å². The Kier molecular flexibility index (Phi) is 3.96. The Morgan fingerprint density at radius 2 is 2.21 bits per heavy atom. The summed E-state index contributed by atoms with van der Waals surface area (Å²) in [5.74, 6) is 0. The summed E-state index contributed by atoms with van der Waals surface area (Å²) in [5.41, 5.74) is 0.998. The molecule has 0 amide bonds. The highest BCUT2D eigenvalue weighted by molar-refractivity contribution is 8.00. The van der Waals surface area contributed by atoms with E-state index in [9.17, 15) is 0 Å². The van der Waals surface area contributed by atoms with Gasteiger partial charge in [-0.05, 0) is 19.5 Å². The Labute approximate surface area is 117 Å². The van der Waals surface area contributed by atoms with Gasteiger partial charge in [0.1, 0.15) is 11.4 Å². The van der Waals surface area contributed by atoms with E-state index in [1.165, 1.54) is 0 Å². The topological polar surface area (TPSA) is 47.0 Å². The molecule has 1 aliphatic heterocycles. The predicted octanol–water partition coefficient (Wildman–Crippen LogP) is 2.10. The molecule has 4 nitrogen and oxygen atoms in total. The summed E-state index contributed by atoms with van der Waals surface area (Å²) >= 11 is 1.79. The second kappa shape index (κ2) is 5.86. The number of ether oxygens (including phenoxy) is 1. The minimum atomic E-state index is 0.400. The van der Waals surface area contributed by atoms with Crippen molar-refractivity contribution in [3.8, 4) is 0 Å². The van der Waals surface area contributed by atoms with Gasteiger partial charge in [0.15, 0.2) is 0 Å². The molecule has 1 aromatic heterocycles. The van der Waals surface area contributed by atoms with E-state index in [1.54, 1.807) is 18.1 Å². The number of thioether (sulfide) groups is 1. The van der Waals surface area contributed by atoms with Crippen LogP contribution in [0.15, 0.2) is 35.6 Å². The van der Waals surface area contributed by atoms with E-state index >= 15 is 0 Å². The van der Waals surface area contributed by atoms with Crippen LogP contribution in [0.3, 0.4) is 0 Å². The molecule has 2 atom stereocenters. The highest BCUT2D eigenvalue weighted by Crippen LogP contribution is 2.31. The number of hydrogen-bond acceptors (Lipinski definition) is 5. The van der Waals surface area contributed by atoms with E-state index in [4.69, 9.17) is 4.74 Å². The molecule has 1 aromatic carbocycles. The second-order valence-electron chi connectivity index (χ2n) is 4.61. The fourth-order valence-corrected chi connectivity index (χ4v) is 3.67. The molecule has 0 saturated carbocycles. The van der Waals surface area contributed by atoms with Gasteiger partial charge in [-0.1, -0.05) is 30.0 Å². The van der Waals surface area contributed by atoms with Gasteiger partial charge < -0.3 is 10.1 Å². The van der Waals surface area contributed by atoms with Crippen molar-refractivity contribution in [3.63, 3.8) is 0 Å². The van der Waals surface area contributed by atoms with Crippen molar-refractivity contribution in [3.05, 3.63) is 30.6 Å². The van der Waals surface area contributed by atoms with Crippen molar-refractivity contribution in [1.29, 1.82) is 0 Å². The number of benzene rings is 1. The van der Waals surface area contributed by atoms with Crippen molar-refractivity contribution in [1.82, 2.24) is 15.3 Å². The Balaban J connectivity index is 1.88. The lowest BCUT2D eigenvalue weighted by Crippen LogP contribution is -2.43. The summed E-state index contributed by atoms with van der Waals surface area (Å²) in [6.07, 6.45) is 2.69. The third-order valence-electron chi connectivity index (χ3n) is 3.44. The molecule has 0 radical (unpaired) electrons. The molecular formula is C14H17N3OS. The molecule has 1 aliphatic rings. The number of fused-ring (bicyclic) bond motifs is 1. The lowest BCUT2D eigenvalue weighted by Gasteiger charge is -2.30. The van der Waals surface area contributed by atoms with E-state index in [2.05, 4.69) is 21.4 Å². The maximum atomic E-state index is 5.59. The zero-order chi connectivity index (χ0) is 13.1. The Morgan fingerprint density at radius 3 is 3.11 bits per heavy atom. The van der Waals surface area contributed by atoms with E-state index in [0.29, 0.717) is 11.3 Å². The van der Waals surface area contributed by atoms with Crippen molar-refractivity contribution in [2.24, 2.45) is 0 Å². The first-order chi connectivity index (χ1) is 9.38. The molecule has 2 unspecified atom stereocenters. The van der Waals surface area contributed by atoms with Crippen LogP contribution >= 0.6 is 11.8 Å². The van der Waals surface area contributed by atoms with Crippen molar-refractivity contribution >= 4 is 22.7 Å². The normalized spacial score (nSPS) is 23.6. The van der Waals surface area contributed by atoms with Gasteiger partial charge in [0.2, 0.25) is 0 Å². The SMILES string of the molecule is CNC1CCOCC1Sc1ncnc2ccccc12. The molecule has 100 valence electrons. The molecular weight excluding hydrogens is 258 g/mol. The van der Waals surface area contributed by atoms with E-state index in [0.717, 1.165) is 35.6 Å². The summed E-state index contributed by atoms with van der Waals surface area (Å²) in [6.45, 7) is 1.61. The maximum Gasteiger partial charge on any atom is 0.117 e. The predicted molar refractivity (Wildman–Crippen MR) is 77.5 cm³/mol. The van der Waals surface area contributed by atoms with E-state index in [-0.39, 0.29) is 0 Å². The maximum absolute atomic E-state index is 5.59. The first kappa shape index (κ1) is 12.8. The number of nitrogens with zero attached hydrogens (tertiary/aromatic N) is 2. The average Bonchev–Trinajstić information content (AvgIpc) is 2.48. The fraction of sp³-hybridized carbons (Fsp3) is 0.429. The summed E-state index contributed by atoms with van der Waals surface area (Å²) in [5, 5.41) is 5.94. The molecule has 0 aliphatic carbocycles. The zero-order valence-electron chi connectivity index (χ0n) is 10.9. The second-order valence-corrected chi connectivity index (χ2v) is 5.84. The molecule has 2 heterocycles. The van der Waals surface area contributed by atoms with Crippen LogP contribution in [-0.2, 0) is 4.74 Å². The standard InChI is InChI=1S/C14H17N3OS/c1-15-12-6-7-18-8-13(12)19-14-10-4-2-3-5-11(10)16-9-17-14/h2-5,9,12-13,15H,6-8H2,1H3. The molecule has 1 N–H and O–H groups in total. The van der Waals surface area contributed by atoms with Crippen molar-refractivity contribution in [2.75, 3.05) is 20.3 Å². The molecule has 1 saturated heterocycles. The van der Waals surface area contributed by atoms with Gasteiger partial charge in [0, 0.05) is 23.3 Å². The van der Waals surface area contributed by atoms with Crippen LogP contribution in [0, 0.1) is 0 Å².